The summed E-state index contributed by atoms with van der Waals surface area (Å²) in [5.74, 6) is -3.82. The molecule has 0 radical (unpaired) electrons. The summed E-state index contributed by atoms with van der Waals surface area (Å²) >= 11 is 3.73. The lowest BCUT2D eigenvalue weighted by Gasteiger charge is -2.36. The summed E-state index contributed by atoms with van der Waals surface area (Å²) in [4.78, 5) is 141. The molecule has 7 aliphatic rings. The van der Waals surface area contributed by atoms with Crippen molar-refractivity contribution in [2.75, 3.05) is 123 Å². The highest BCUT2D eigenvalue weighted by Crippen LogP contribution is 2.44. The molecule has 47 nitrogen and oxygen atoms in total. The Hall–Kier alpha value is -9.34. The van der Waals surface area contributed by atoms with E-state index in [9.17, 15) is 100 Å². The summed E-state index contributed by atoms with van der Waals surface area (Å²) in [6, 6.07) is 2.35. The average molecular weight is 2150 g/mol. The highest BCUT2D eigenvalue weighted by molar-refractivity contribution is 8.00. The van der Waals surface area contributed by atoms with Crippen molar-refractivity contribution in [3.8, 4) is 34.5 Å². The summed E-state index contributed by atoms with van der Waals surface area (Å²) in [5.41, 5.74) is -0.179. The van der Waals surface area contributed by atoms with Gasteiger partial charge in [-0.25, -0.2) is 0 Å². The number of carbonyl (C=O) groups is 9. The Morgan fingerprint density at radius 3 is 1.15 bits per heavy atom. The zero-order chi connectivity index (χ0) is 103. The molecule has 7 heterocycles. The fourth-order valence-electron chi connectivity index (χ4n) is 17.4. The zero-order valence-corrected chi connectivity index (χ0v) is 85.3. The number of thioether (sulfide) groups is 2. The summed E-state index contributed by atoms with van der Waals surface area (Å²) in [6.45, 7) is 4.72. The average Bonchev–Trinajstić information content (AvgIpc) is 1.78. The third kappa shape index (κ3) is 42.9. The van der Waals surface area contributed by atoms with E-state index in [1.54, 1.807) is 0 Å². The number of unbranched alkanes of at least 4 members (excludes halogenated alkanes) is 4. The first-order valence-electron chi connectivity index (χ1n) is 47.4. The van der Waals surface area contributed by atoms with Gasteiger partial charge in [-0.2, -0.15) is 72.1 Å². The van der Waals surface area contributed by atoms with Crippen LogP contribution in [0.5, 0.6) is 34.5 Å². The second-order valence-electron chi connectivity index (χ2n) is 35.5. The molecule has 55 heteroatoms. The van der Waals surface area contributed by atoms with E-state index in [0.717, 1.165) is 37.2 Å². The van der Waals surface area contributed by atoms with Crippen molar-refractivity contribution >= 4 is 150 Å². The molecule has 1 saturated carbocycles. The molecule has 7 fully saturated rings. The van der Waals surface area contributed by atoms with Gasteiger partial charge in [-0.1, -0.05) is 26.7 Å². The van der Waals surface area contributed by atoms with Crippen molar-refractivity contribution in [2.45, 2.75) is 259 Å². The number of ether oxygens (including phenoxy) is 6. The van der Waals surface area contributed by atoms with Crippen molar-refractivity contribution in [1.82, 2.24) is 57.5 Å². The van der Waals surface area contributed by atoms with Crippen molar-refractivity contribution < 1.29 is 154 Å². The first kappa shape index (κ1) is 117. The van der Waals surface area contributed by atoms with Gasteiger partial charge in [0.15, 0.2) is 23.0 Å². The maximum atomic E-state index is 14.9. The predicted molar refractivity (Wildman–Crippen MR) is 515 cm³/mol. The van der Waals surface area contributed by atoms with Gasteiger partial charge in [-0.15, -0.1) is 25.3 Å². The van der Waals surface area contributed by atoms with E-state index in [0.29, 0.717) is 195 Å². The molecule has 1 aromatic heterocycles. The van der Waals surface area contributed by atoms with E-state index < -0.39 is 164 Å². The molecule has 0 spiro atoms. The molecule has 141 heavy (non-hydrogen) atoms. The lowest BCUT2D eigenvalue weighted by molar-refractivity contribution is -0.143. The Kier molecular flexibility index (Phi) is 48.6. The highest BCUT2D eigenvalue weighted by Gasteiger charge is 2.45. The summed E-state index contributed by atoms with van der Waals surface area (Å²) in [6.07, 6.45) is 11.6. The number of piperidine rings is 2. The number of carboxylic acids is 1. The molecule has 6 aliphatic heterocycles. The van der Waals surface area contributed by atoms with Crippen molar-refractivity contribution in [3.05, 3.63) is 41.2 Å². The number of carboxylic acid groups (broad SMARTS) is 1. The highest BCUT2D eigenvalue weighted by atomic mass is 32.2. The molecule has 0 bridgehead atoms. The van der Waals surface area contributed by atoms with Crippen LogP contribution in [0.15, 0.2) is 24.3 Å². The number of aliphatic carboxylic acids is 1. The zero-order valence-electron chi connectivity index (χ0n) is 78.8. The molecule has 13 N–H and O–H groups in total. The van der Waals surface area contributed by atoms with Crippen molar-refractivity contribution in [2.24, 2.45) is 17.8 Å². The van der Waals surface area contributed by atoms with Gasteiger partial charge in [-0.05, 0) is 202 Å². The number of benzene rings is 2. The molecular formula is C86H131N13O34S8. The van der Waals surface area contributed by atoms with Crippen LogP contribution in [0.4, 0.5) is 11.9 Å². The molecule has 3 unspecified atom stereocenters. The van der Waals surface area contributed by atoms with Crippen LogP contribution < -0.4 is 80.8 Å². The van der Waals surface area contributed by atoms with Gasteiger partial charge in [0, 0.05) is 117 Å². The van der Waals surface area contributed by atoms with Crippen LogP contribution in [-0.4, -0.2) is 311 Å². The van der Waals surface area contributed by atoms with Crippen LogP contribution in [-0.2, 0) is 95.3 Å². The minimum absolute atomic E-state index is 0.0379. The minimum atomic E-state index is -4.48. The topological polar surface area (TPSA) is 691 Å². The van der Waals surface area contributed by atoms with Gasteiger partial charge in [0.25, 0.3) is 52.3 Å². The van der Waals surface area contributed by atoms with Crippen LogP contribution in [0, 0.1) is 17.8 Å². The van der Waals surface area contributed by atoms with Crippen LogP contribution in [0.1, 0.15) is 239 Å². The number of fused-ring (bicyclic) bond motifs is 2. The monoisotopic (exact) mass is 2150 g/mol. The van der Waals surface area contributed by atoms with E-state index in [2.05, 4.69) is 42.5 Å². The standard InChI is InChI=1S/C86H131N13O28S6.2O3S/c1-3-37-122-65-47-57(48-66(77(65)126-38-4-2)123-39-13-43-130(110,111)112)80(104)91-63(17-9-11-31-87-71(100)21-7-5-19-69-75-59(53-128-69)51-73(102)93-75)82(106)89-61-27-33-98(34-28-61)85-95-79(55-23-25-56(26-24-55)84(108)109)96-86(97-85)99-35-29-62(30-36-99)90-83(107)64(18-10-12-32-88-72(101)22-8-6-20-70-76-60(54-129-70)52-74(103)94-76)92-81(105)58-49-67(124-40-14-44-131(113,114)115)78(127-42-16-46-133(119,120)121)68(50-58)125-41-15-45-132(116,117)118;2*1-4(2)3/h47-50,55-56,59-64,69-70,75-76H,3-46,51-54H2,1-2H3,(H,87,100)(H,88,101)(H,89,106)(H,90,107)(H,91,104)(H,92,105)(H,93,102)(H,94,103)(H,108,109)(H,110,111,112)(H,113,114,115)(H,116,117,118)(H,119,120,121);;/t55?,56?,59-,60+,63?,64?,69-,70?,75-,76+;;/m0../s1. The number of carbonyl (C=O) groups excluding carboxylic acids is 8. The van der Waals surface area contributed by atoms with Crippen LogP contribution in [0.3, 0.4) is 0 Å². The van der Waals surface area contributed by atoms with Crippen LogP contribution in [0.25, 0.3) is 0 Å². The fourth-order valence-corrected chi connectivity index (χ4v) is 22.6. The molecule has 10 rings (SSSR count). The van der Waals surface area contributed by atoms with Crippen LogP contribution in [0.2, 0.25) is 0 Å². The number of aromatic nitrogens is 3. The van der Waals surface area contributed by atoms with E-state index in [1.165, 1.54) is 24.3 Å². The van der Waals surface area contributed by atoms with Crippen molar-refractivity contribution in [3.63, 3.8) is 0 Å². The molecule has 2 aromatic carbocycles. The largest absolute Gasteiger partial charge is 0.490 e. The van der Waals surface area contributed by atoms with E-state index in [1.807, 2.05) is 47.2 Å². The second-order valence-corrected chi connectivity index (χ2v) is 45.1. The molecular weight excluding hydrogens is 2020 g/mol. The predicted octanol–water partition coefficient (Wildman–Crippen LogP) is 4.13. The number of hydrogen-bond acceptors (Lipinski definition) is 36. The van der Waals surface area contributed by atoms with Gasteiger partial charge in [0.2, 0.25) is 58.8 Å². The molecule has 6 saturated heterocycles. The number of amides is 8. The lowest BCUT2D eigenvalue weighted by Crippen LogP contribution is -2.52. The maximum Gasteiger partial charge on any atom is 0.425 e. The maximum absolute atomic E-state index is 14.9. The Bertz CT molecular complexity index is 5330. The van der Waals surface area contributed by atoms with E-state index in [4.69, 9.17) is 68.6 Å². The Morgan fingerprint density at radius 1 is 0.461 bits per heavy atom. The third-order valence-corrected chi connectivity index (χ3v) is 30.8. The number of hydrogen-bond donors (Lipinski definition) is 13. The summed E-state index contributed by atoms with van der Waals surface area (Å²) in [5, 5.41) is 34.9. The van der Waals surface area contributed by atoms with Gasteiger partial charge in [0.1, 0.15) is 17.9 Å². The molecule has 8 amide bonds. The number of nitrogens with zero attached hydrogens (tertiary/aromatic N) is 5. The van der Waals surface area contributed by atoms with Crippen LogP contribution >= 0.6 is 23.5 Å². The third-order valence-electron chi connectivity index (χ3n) is 24.4. The second kappa shape index (κ2) is 58.6. The van der Waals surface area contributed by atoms with Crippen molar-refractivity contribution in [1.29, 1.82) is 0 Å². The summed E-state index contributed by atoms with van der Waals surface area (Å²) in [7, 11) is -24.0. The van der Waals surface area contributed by atoms with E-state index in [-0.39, 0.29) is 159 Å². The number of anilines is 2. The Morgan fingerprint density at radius 2 is 0.801 bits per heavy atom. The Balaban J connectivity index is 0.00000293. The first-order valence-corrected chi connectivity index (χ1v) is 58.0. The van der Waals surface area contributed by atoms with E-state index >= 15 is 0 Å². The smallest absolute Gasteiger partial charge is 0.425 e. The number of rotatable bonds is 58. The quantitative estimate of drug-likeness (QED) is 0.0279. The first-order chi connectivity index (χ1) is 66.9. The fraction of sp³-hybridized carbons (Fsp3) is 0.721. The molecule has 3 aromatic rings. The normalized spacial score (nSPS) is 20.2. The SMILES string of the molecule is CCCOc1cc(C(=O)NC(CCCCNC(=O)CCCC[C@@H]2SC[C@@H]3CC(=O)N[C@@H]32)C(=O)NC2CCN(c3nc(C4CCC(C(=O)O)CC4)nc(N4CCC(NC(=O)C(CCCCNC(=O)CCCCC5SC[C@H]6CC(=O)N[C@@H]56)NC(=O)c5cc(OCCCS(=O)(=O)O)c(OCCCS(=O)(=O)O)c(OCCCS(=O)(=O)O)c5)CC4)n3)CC2)cc(OCCCS(=O)(=O)O)c1OCCC.O=S(=O)=O.O=S(=O)=O. The molecule has 1 aliphatic carbocycles. The molecule has 8 atom stereocenters. The summed E-state index contributed by atoms with van der Waals surface area (Å²) < 4.78 is 218. The lowest BCUT2D eigenvalue weighted by atomic mass is 9.81. The molecule has 792 valence electrons. The van der Waals surface area contributed by atoms with Gasteiger partial charge in [-0.3, -0.25) is 61.4 Å². The van der Waals surface area contributed by atoms with Gasteiger partial charge in [0.05, 0.1) is 68.6 Å². The number of nitrogens with one attached hydrogen (secondary N) is 8. The van der Waals surface area contributed by atoms with Gasteiger partial charge < -0.3 is 85.9 Å². The minimum Gasteiger partial charge on any atom is -0.490 e. The Labute approximate surface area is 832 Å². The van der Waals surface area contributed by atoms with Gasteiger partial charge >= 0.3 is 27.2 Å².